The zero-order valence-electron chi connectivity index (χ0n) is 7.61. The SMILES string of the molecule is NC(=O)C1CC(c2ccc(Cl)cn2)C1. The van der Waals surface area contributed by atoms with Gasteiger partial charge in [-0.1, -0.05) is 11.6 Å². The monoisotopic (exact) mass is 210 g/mol. The van der Waals surface area contributed by atoms with Crippen molar-refractivity contribution in [2.45, 2.75) is 18.8 Å². The van der Waals surface area contributed by atoms with Crippen molar-refractivity contribution in [2.24, 2.45) is 11.7 Å². The number of pyridine rings is 1. The maximum absolute atomic E-state index is 10.8. The van der Waals surface area contributed by atoms with E-state index in [2.05, 4.69) is 4.98 Å². The number of hydrogen-bond donors (Lipinski definition) is 1. The van der Waals surface area contributed by atoms with Gasteiger partial charge in [-0.2, -0.15) is 0 Å². The van der Waals surface area contributed by atoms with Crippen LogP contribution in [-0.2, 0) is 4.79 Å². The van der Waals surface area contributed by atoms with Crippen LogP contribution in [0.2, 0.25) is 5.02 Å². The third kappa shape index (κ3) is 1.73. The number of hydrogen-bond acceptors (Lipinski definition) is 2. The highest BCUT2D eigenvalue weighted by Gasteiger charge is 2.34. The molecule has 1 heterocycles. The molecule has 0 bridgehead atoms. The maximum Gasteiger partial charge on any atom is 0.220 e. The largest absolute Gasteiger partial charge is 0.369 e. The van der Waals surface area contributed by atoms with Gasteiger partial charge < -0.3 is 5.73 Å². The molecule has 1 saturated carbocycles. The second kappa shape index (κ2) is 3.58. The summed E-state index contributed by atoms with van der Waals surface area (Å²) in [7, 11) is 0. The van der Waals surface area contributed by atoms with E-state index in [-0.39, 0.29) is 11.8 Å². The van der Waals surface area contributed by atoms with Crippen molar-refractivity contribution in [1.29, 1.82) is 0 Å². The van der Waals surface area contributed by atoms with Crippen molar-refractivity contribution >= 4 is 17.5 Å². The Bertz CT molecular complexity index is 344. The number of halogens is 1. The van der Waals surface area contributed by atoms with Crippen molar-refractivity contribution in [3.63, 3.8) is 0 Å². The van der Waals surface area contributed by atoms with Gasteiger partial charge in [-0.3, -0.25) is 9.78 Å². The van der Waals surface area contributed by atoms with E-state index < -0.39 is 0 Å². The molecule has 1 aromatic heterocycles. The van der Waals surface area contributed by atoms with Gasteiger partial charge in [-0.25, -0.2) is 0 Å². The lowest BCUT2D eigenvalue weighted by Crippen LogP contribution is -2.34. The summed E-state index contributed by atoms with van der Waals surface area (Å²) in [6.07, 6.45) is 3.28. The van der Waals surface area contributed by atoms with E-state index in [9.17, 15) is 4.79 Å². The Morgan fingerprint density at radius 2 is 2.21 bits per heavy atom. The molecule has 0 atom stereocenters. The maximum atomic E-state index is 10.8. The molecular formula is C10H11ClN2O. The second-order valence-corrected chi connectivity index (χ2v) is 4.11. The summed E-state index contributed by atoms with van der Waals surface area (Å²) in [5.41, 5.74) is 6.19. The predicted octanol–water partition coefficient (Wildman–Crippen LogP) is 1.71. The minimum Gasteiger partial charge on any atom is -0.369 e. The molecule has 3 nitrogen and oxygen atoms in total. The Hall–Kier alpha value is -1.09. The molecule has 0 saturated heterocycles. The molecule has 0 unspecified atom stereocenters. The summed E-state index contributed by atoms with van der Waals surface area (Å²) in [5.74, 6) is 0.220. The molecule has 0 aromatic carbocycles. The zero-order valence-corrected chi connectivity index (χ0v) is 8.37. The fourth-order valence-corrected chi connectivity index (χ4v) is 1.83. The fourth-order valence-electron chi connectivity index (χ4n) is 1.72. The van der Waals surface area contributed by atoms with Crippen LogP contribution in [0.3, 0.4) is 0 Å². The van der Waals surface area contributed by atoms with Crippen LogP contribution in [0.4, 0.5) is 0 Å². The smallest absolute Gasteiger partial charge is 0.220 e. The molecule has 2 N–H and O–H groups in total. The summed E-state index contributed by atoms with van der Waals surface area (Å²) in [6.45, 7) is 0. The van der Waals surface area contributed by atoms with E-state index >= 15 is 0 Å². The summed E-state index contributed by atoms with van der Waals surface area (Å²) in [4.78, 5) is 15.0. The highest BCUT2D eigenvalue weighted by Crippen LogP contribution is 2.40. The first-order chi connectivity index (χ1) is 6.66. The number of amides is 1. The highest BCUT2D eigenvalue weighted by molar-refractivity contribution is 6.30. The Kier molecular flexibility index (Phi) is 2.42. The second-order valence-electron chi connectivity index (χ2n) is 3.67. The molecule has 1 aliphatic carbocycles. The first-order valence-electron chi connectivity index (χ1n) is 4.57. The standard InChI is InChI=1S/C10H11ClN2O/c11-8-1-2-9(13-5-8)6-3-7(4-6)10(12)14/h1-2,5-7H,3-4H2,(H2,12,14). The zero-order chi connectivity index (χ0) is 10.1. The molecule has 1 amide bonds. The fraction of sp³-hybridized carbons (Fsp3) is 0.400. The molecule has 1 aromatic rings. The lowest BCUT2D eigenvalue weighted by Gasteiger charge is -2.32. The van der Waals surface area contributed by atoms with Gasteiger partial charge in [0, 0.05) is 23.7 Å². The first kappa shape index (κ1) is 9.46. The van der Waals surface area contributed by atoms with Crippen LogP contribution in [0, 0.1) is 5.92 Å². The molecule has 1 fully saturated rings. The van der Waals surface area contributed by atoms with Gasteiger partial charge in [0.1, 0.15) is 0 Å². The van der Waals surface area contributed by atoms with E-state index in [1.165, 1.54) is 0 Å². The number of carbonyl (C=O) groups excluding carboxylic acids is 1. The minimum absolute atomic E-state index is 0.0393. The third-order valence-corrected chi connectivity index (χ3v) is 2.93. The molecule has 74 valence electrons. The summed E-state index contributed by atoms with van der Waals surface area (Å²) < 4.78 is 0. The third-order valence-electron chi connectivity index (χ3n) is 2.71. The Balaban J connectivity index is 2.00. The number of rotatable bonds is 2. The Labute approximate surface area is 87.3 Å². The molecule has 0 radical (unpaired) electrons. The quantitative estimate of drug-likeness (QED) is 0.808. The van der Waals surface area contributed by atoms with Crippen molar-refractivity contribution in [2.75, 3.05) is 0 Å². The van der Waals surface area contributed by atoms with Crippen LogP contribution in [0.1, 0.15) is 24.5 Å². The summed E-state index contributed by atoms with van der Waals surface area (Å²) in [6, 6.07) is 3.73. The molecule has 2 rings (SSSR count). The van der Waals surface area contributed by atoms with Crippen molar-refractivity contribution in [3.05, 3.63) is 29.0 Å². The van der Waals surface area contributed by atoms with Gasteiger partial charge in [0.15, 0.2) is 0 Å². The van der Waals surface area contributed by atoms with Gasteiger partial charge >= 0.3 is 0 Å². The molecule has 0 spiro atoms. The number of aromatic nitrogens is 1. The minimum atomic E-state index is -0.199. The van der Waals surface area contributed by atoms with E-state index in [1.807, 2.05) is 12.1 Å². The first-order valence-corrected chi connectivity index (χ1v) is 4.95. The number of primary amides is 1. The Morgan fingerprint density at radius 1 is 1.50 bits per heavy atom. The lowest BCUT2D eigenvalue weighted by atomic mass is 9.73. The average molecular weight is 211 g/mol. The van der Waals surface area contributed by atoms with E-state index in [4.69, 9.17) is 17.3 Å². The molecular weight excluding hydrogens is 200 g/mol. The van der Waals surface area contributed by atoms with Gasteiger partial charge in [0.25, 0.3) is 0 Å². The Morgan fingerprint density at radius 3 is 2.71 bits per heavy atom. The van der Waals surface area contributed by atoms with E-state index in [0.29, 0.717) is 10.9 Å². The van der Waals surface area contributed by atoms with Crippen LogP contribution >= 0.6 is 11.6 Å². The molecule has 0 aliphatic heterocycles. The predicted molar refractivity (Wildman–Crippen MR) is 53.9 cm³/mol. The number of carbonyl (C=O) groups is 1. The molecule has 14 heavy (non-hydrogen) atoms. The van der Waals surface area contributed by atoms with Crippen LogP contribution in [0.15, 0.2) is 18.3 Å². The summed E-state index contributed by atoms with van der Waals surface area (Å²) >= 11 is 5.72. The van der Waals surface area contributed by atoms with Crippen LogP contribution < -0.4 is 5.73 Å². The van der Waals surface area contributed by atoms with Gasteiger partial charge in [0.05, 0.1) is 5.02 Å². The normalized spacial score (nSPS) is 25.5. The molecule has 1 aliphatic rings. The van der Waals surface area contributed by atoms with Gasteiger partial charge in [-0.15, -0.1) is 0 Å². The molecule has 4 heteroatoms. The highest BCUT2D eigenvalue weighted by atomic mass is 35.5. The van der Waals surface area contributed by atoms with Crippen molar-refractivity contribution in [1.82, 2.24) is 4.98 Å². The number of nitrogens with two attached hydrogens (primary N) is 1. The van der Waals surface area contributed by atoms with Crippen LogP contribution in [-0.4, -0.2) is 10.9 Å². The summed E-state index contributed by atoms with van der Waals surface area (Å²) in [5, 5.41) is 0.638. The van der Waals surface area contributed by atoms with E-state index in [1.54, 1.807) is 6.20 Å². The average Bonchev–Trinajstić information content (AvgIpc) is 2.05. The van der Waals surface area contributed by atoms with Crippen LogP contribution in [0.5, 0.6) is 0 Å². The van der Waals surface area contributed by atoms with Crippen molar-refractivity contribution < 1.29 is 4.79 Å². The van der Waals surface area contributed by atoms with E-state index in [0.717, 1.165) is 18.5 Å². The van der Waals surface area contributed by atoms with Gasteiger partial charge in [-0.05, 0) is 25.0 Å². The lowest BCUT2D eigenvalue weighted by molar-refractivity contribution is -0.124. The van der Waals surface area contributed by atoms with Crippen molar-refractivity contribution in [3.8, 4) is 0 Å². The van der Waals surface area contributed by atoms with Crippen LogP contribution in [0.25, 0.3) is 0 Å². The topological polar surface area (TPSA) is 56.0 Å². The number of nitrogens with zero attached hydrogens (tertiary/aromatic N) is 1. The van der Waals surface area contributed by atoms with Gasteiger partial charge in [0.2, 0.25) is 5.91 Å².